The molecule has 1 aromatic rings. The molecule has 4 heteroatoms. The van der Waals surface area contributed by atoms with E-state index in [9.17, 15) is 0 Å². The lowest BCUT2D eigenvalue weighted by atomic mass is 10.1. The second-order valence-electron chi connectivity index (χ2n) is 5.31. The van der Waals surface area contributed by atoms with Crippen molar-refractivity contribution in [2.75, 3.05) is 13.6 Å². The molecule has 1 aromatic carbocycles. The monoisotopic (exact) mass is 389 g/mol. The first-order valence-corrected chi connectivity index (χ1v) is 7.15. The minimum absolute atomic E-state index is 0. The predicted octanol–water partition coefficient (Wildman–Crippen LogP) is 3.97. The molecule has 1 rings (SSSR count). The maximum Gasteiger partial charge on any atom is 0.191 e. The smallest absolute Gasteiger partial charge is 0.191 e. The van der Waals surface area contributed by atoms with Crippen molar-refractivity contribution in [3.05, 3.63) is 35.9 Å². The average molecular weight is 389 g/mol. The molecular weight excluding hydrogens is 361 g/mol. The molecule has 0 spiro atoms. The molecule has 0 heterocycles. The lowest BCUT2D eigenvalue weighted by Gasteiger charge is -2.18. The zero-order chi connectivity index (χ0) is 14.1. The normalized spacial score (nSPS) is 12.8. The largest absolute Gasteiger partial charge is 0.356 e. The van der Waals surface area contributed by atoms with E-state index in [1.165, 1.54) is 18.4 Å². The van der Waals surface area contributed by atoms with Crippen molar-refractivity contribution in [3.8, 4) is 0 Å². The van der Waals surface area contributed by atoms with Crippen LogP contribution in [0.25, 0.3) is 0 Å². The summed E-state index contributed by atoms with van der Waals surface area (Å²) in [5.41, 5.74) is 1.27. The van der Waals surface area contributed by atoms with Gasteiger partial charge < -0.3 is 10.6 Å². The fourth-order valence-electron chi connectivity index (χ4n) is 1.94. The standard InChI is InChI=1S/C16H27N3.HI/c1-13(2)9-8-12-18-16(17-4)19-14(3)15-10-6-5-7-11-15;/h5-7,10-11,13-14H,8-9,12H2,1-4H3,(H2,17,18,19);1H. The lowest BCUT2D eigenvalue weighted by Crippen LogP contribution is -2.39. The maximum atomic E-state index is 4.26. The van der Waals surface area contributed by atoms with Crippen LogP contribution in [0.1, 0.15) is 45.2 Å². The van der Waals surface area contributed by atoms with Gasteiger partial charge in [0.05, 0.1) is 6.04 Å². The molecule has 0 saturated heterocycles. The van der Waals surface area contributed by atoms with Crippen molar-refractivity contribution in [2.45, 2.75) is 39.7 Å². The summed E-state index contributed by atoms with van der Waals surface area (Å²) in [5, 5.41) is 6.77. The van der Waals surface area contributed by atoms with Gasteiger partial charge in [-0.3, -0.25) is 4.99 Å². The van der Waals surface area contributed by atoms with E-state index in [1.54, 1.807) is 0 Å². The van der Waals surface area contributed by atoms with Crippen molar-refractivity contribution >= 4 is 29.9 Å². The van der Waals surface area contributed by atoms with Crippen LogP contribution in [0.2, 0.25) is 0 Å². The summed E-state index contributed by atoms with van der Waals surface area (Å²) in [6.45, 7) is 7.63. The van der Waals surface area contributed by atoms with Gasteiger partial charge in [-0.05, 0) is 31.2 Å². The van der Waals surface area contributed by atoms with Gasteiger partial charge in [0.2, 0.25) is 0 Å². The van der Waals surface area contributed by atoms with Gasteiger partial charge in [0, 0.05) is 13.6 Å². The molecule has 1 atom stereocenters. The van der Waals surface area contributed by atoms with Crippen LogP contribution < -0.4 is 10.6 Å². The van der Waals surface area contributed by atoms with Crippen LogP contribution >= 0.6 is 24.0 Å². The van der Waals surface area contributed by atoms with Crippen LogP contribution in [0.5, 0.6) is 0 Å². The molecule has 2 N–H and O–H groups in total. The second-order valence-corrected chi connectivity index (χ2v) is 5.31. The Morgan fingerprint density at radius 3 is 2.35 bits per heavy atom. The summed E-state index contributed by atoms with van der Waals surface area (Å²) in [6.07, 6.45) is 2.43. The molecular formula is C16H28IN3. The van der Waals surface area contributed by atoms with Gasteiger partial charge in [-0.1, -0.05) is 44.2 Å². The number of aliphatic imine (C=N–C) groups is 1. The minimum atomic E-state index is 0. The fourth-order valence-corrected chi connectivity index (χ4v) is 1.94. The molecule has 0 fully saturated rings. The molecule has 0 amide bonds. The topological polar surface area (TPSA) is 36.4 Å². The van der Waals surface area contributed by atoms with Crippen LogP contribution in [0.4, 0.5) is 0 Å². The Hall–Kier alpha value is -0.780. The third-order valence-electron chi connectivity index (χ3n) is 3.13. The molecule has 114 valence electrons. The quantitative estimate of drug-likeness (QED) is 0.334. The summed E-state index contributed by atoms with van der Waals surface area (Å²) in [7, 11) is 1.81. The lowest BCUT2D eigenvalue weighted by molar-refractivity contribution is 0.547. The summed E-state index contributed by atoms with van der Waals surface area (Å²) in [6, 6.07) is 10.7. The summed E-state index contributed by atoms with van der Waals surface area (Å²) in [4.78, 5) is 4.26. The highest BCUT2D eigenvalue weighted by Gasteiger charge is 2.06. The van der Waals surface area contributed by atoms with Gasteiger partial charge in [-0.15, -0.1) is 24.0 Å². The number of hydrogen-bond donors (Lipinski definition) is 2. The number of halogens is 1. The predicted molar refractivity (Wildman–Crippen MR) is 98.8 cm³/mol. The van der Waals surface area contributed by atoms with Crippen LogP contribution in [0, 0.1) is 5.92 Å². The number of nitrogens with one attached hydrogen (secondary N) is 2. The Morgan fingerprint density at radius 2 is 1.80 bits per heavy atom. The molecule has 0 saturated carbocycles. The zero-order valence-electron chi connectivity index (χ0n) is 13.0. The number of nitrogens with zero attached hydrogens (tertiary/aromatic N) is 1. The van der Waals surface area contributed by atoms with E-state index >= 15 is 0 Å². The van der Waals surface area contributed by atoms with Crippen LogP contribution in [0.3, 0.4) is 0 Å². The summed E-state index contributed by atoms with van der Waals surface area (Å²) >= 11 is 0. The van der Waals surface area contributed by atoms with Crippen molar-refractivity contribution < 1.29 is 0 Å². The molecule has 0 aliphatic rings. The van der Waals surface area contributed by atoms with E-state index in [0.717, 1.165) is 18.4 Å². The number of rotatable bonds is 6. The van der Waals surface area contributed by atoms with E-state index < -0.39 is 0 Å². The molecule has 0 aliphatic heterocycles. The molecule has 20 heavy (non-hydrogen) atoms. The van der Waals surface area contributed by atoms with E-state index in [1.807, 2.05) is 13.1 Å². The van der Waals surface area contributed by atoms with Gasteiger partial charge in [0.1, 0.15) is 0 Å². The third kappa shape index (κ3) is 7.72. The summed E-state index contributed by atoms with van der Waals surface area (Å²) < 4.78 is 0. The van der Waals surface area contributed by atoms with Gasteiger partial charge in [-0.25, -0.2) is 0 Å². The van der Waals surface area contributed by atoms with E-state index in [0.29, 0.717) is 0 Å². The second kappa shape index (κ2) is 10.9. The minimum Gasteiger partial charge on any atom is -0.356 e. The first kappa shape index (κ1) is 19.2. The Balaban J connectivity index is 0.00000361. The van der Waals surface area contributed by atoms with Crippen molar-refractivity contribution in [1.82, 2.24) is 10.6 Å². The van der Waals surface area contributed by atoms with Crippen LogP contribution in [-0.2, 0) is 0 Å². The van der Waals surface area contributed by atoms with Gasteiger partial charge >= 0.3 is 0 Å². The van der Waals surface area contributed by atoms with E-state index in [2.05, 4.69) is 60.7 Å². The Kier molecular flexibility index (Phi) is 10.5. The van der Waals surface area contributed by atoms with Crippen molar-refractivity contribution in [1.29, 1.82) is 0 Å². The number of benzene rings is 1. The number of guanidine groups is 1. The van der Waals surface area contributed by atoms with E-state index in [4.69, 9.17) is 0 Å². The van der Waals surface area contributed by atoms with Gasteiger partial charge in [-0.2, -0.15) is 0 Å². The molecule has 0 radical (unpaired) electrons. The highest BCUT2D eigenvalue weighted by atomic mass is 127. The Bertz CT molecular complexity index is 377. The van der Waals surface area contributed by atoms with E-state index in [-0.39, 0.29) is 30.0 Å². The number of hydrogen-bond acceptors (Lipinski definition) is 1. The van der Waals surface area contributed by atoms with Gasteiger partial charge in [0.15, 0.2) is 5.96 Å². The Morgan fingerprint density at radius 1 is 1.15 bits per heavy atom. The SMILES string of the molecule is CN=C(NCCCC(C)C)NC(C)c1ccccc1.I. The highest BCUT2D eigenvalue weighted by molar-refractivity contribution is 14.0. The molecule has 0 aromatic heterocycles. The first-order chi connectivity index (χ1) is 9.13. The van der Waals surface area contributed by atoms with Crippen molar-refractivity contribution in [3.63, 3.8) is 0 Å². The molecule has 3 nitrogen and oxygen atoms in total. The fraction of sp³-hybridized carbons (Fsp3) is 0.562. The zero-order valence-corrected chi connectivity index (χ0v) is 15.3. The molecule has 0 bridgehead atoms. The average Bonchev–Trinajstić information content (AvgIpc) is 2.42. The summed E-state index contributed by atoms with van der Waals surface area (Å²) in [5.74, 6) is 1.64. The van der Waals surface area contributed by atoms with Crippen LogP contribution in [-0.4, -0.2) is 19.6 Å². The van der Waals surface area contributed by atoms with Crippen LogP contribution in [0.15, 0.2) is 35.3 Å². The Labute approximate surface area is 140 Å². The van der Waals surface area contributed by atoms with Gasteiger partial charge in [0.25, 0.3) is 0 Å². The maximum absolute atomic E-state index is 4.26. The van der Waals surface area contributed by atoms with Crippen molar-refractivity contribution in [2.24, 2.45) is 10.9 Å². The highest BCUT2D eigenvalue weighted by Crippen LogP contribution is 2.10. The third-order valence-corrected chi connectivity index (χ3v) is 3.13. The molecule has 0 aliphatic carbocycles. The molecule has 1 unspecified atom stereocenters. The first-order valence-electron chi connectivity index (χ1n) is 7.15.